The van der Waals surface area contributed by atoms with Crippen LogP contribution < -0.4 is 4.90 Å². The first-order valence-electron chi connectivity index (χ1n) is 5.91. The summed E-state index contributed by atoms with van der Waals surface area (Å²) in [4.78, 5) is 23.8. The first-order valence-corrected chi connectivity index (χ1v) is 5.91. The molecule has 0 fully saturated rings. The second kappa shape index (κ2) is 5.52. The van der Waals surface area contributed by atoms with Crippen molar-refractivity contribution in [2.45, 2.75) is 0 Å². The lowest BCUT2D eigenvalue weighted by molar-refractivity contribution is -0.138. The number of likely N-dealkylation sites (N-methyl/N-ethyl adjacent to an activating group) is 1. The summed E-state index contributed by atoms with van der Waals surface area (Å²) < 4.78 is 4.64. The molecule has 0 radical (unpaired) electrons. The molecule has 0 unspecified atom stereocenters. The van der Waals surface area contributed by atoms with Crippen molar-refractivity contribution in [3.8, 4) is 0 Å². The quantitative estimate of drug-likeness (QED) is 0.622. The van der Waals surface area contributed by atoms with Crippen LogP contribution in [0, 0.1) is 0 Å². The van der Waals surface area contributed by atoms with E-state index in [2.05, 4.69) is 4.74 Å². The zero-order valence-corrected chi connectivity index (χ0v) is 10.9. The summed E-state index contributed by atoms with van der Waals surface area (Å²) in [6.45, 7) is 0.203. The molecule has 0 atom stereocenters. The normalized spacial score (nSPS) is 10.2. The van der Waals surface area contributed by atoms with Crippen molar-refractivity contribution in [2.24, 2.45) is 0 Å². The Morgan fingerprint density at radius 1 is 1.21 bits per heavy atom. The van der Waals surface area contributed by atoms with Crippen LogP contribution >= 0.6 is 0 Å². The molecule has 2 aromatic rings. The second-order valence-electron chi connectivity index (χ2n) is 4.34. The molecule has 4 heteroatoms. The van der Waals surface area contributed by atoms with Crippen molar-refractivity contribution in [1.82, 2.24) is 0 Å². The summed E-state index contributed by atoms with van der Waals surface area (Å²) >= 11 is 0. The molecule has 0 aliphatic rings. The van der Waals surface area contributed by atoms with Gasteiger partial charge in [-0.05, 0) is 29.0 Å². The van der Waals surface area contributed by atoms with E-state index in [4.69, 9.17) is 0 Å². The monoisotopic (exact) mass is 257 g/mol. The number of carbonyl (C=O) groups is 2. The molecule has 0 aliphatic carbocycles. The van der Waals surface area contributed by atoms with Crippen molar-refractivity contribution >= 4 is 28.7 Å². The van der Waals surface area contributed by atoms with Crippen LogP contribution in [0.5, 0.6) is 0 Å². The molecule has 0 aromatic heterocycles. The Morgan fingerprint density at radius 3 is 2.58 bits per heavy atom. The Labute approximate surface area is 111 Å². The Morgan fingerprint density at radius 2 is 1.89 bits per heavy atom. The minimum atomic E-state index is -0.279. The number of esters is 1. The number of carbonyl (C=O) groups excluding carboxylic acids is 2. The average molecular weight is 257 g/mol. The number of anilines is 1. The van der Waals surface area contributed by atoms with Crippen molar-refractivity contribution in [2.75, 3.05) is 25.6 Å². The smallest absolute Gasteiger partial charge is 0.325 e. The van der Waals surface area contributed by atoms with Gasteiger partial charge in [-0.2, -0.15) is 0 Å². The largest absolute Gasteiger partial charge is 0.468 e. The van der Waals surface area contributed by atoms with E-state index in [0.29, 0.717) is 5.56 Å². The van der Waals surface area contributed by atoms with E-state index in [0.717, 1.165) is 22.7 Å². The van der Waals surface area contributed by atoms with Gasteiger partial charge in [-0.15, -0.1) is 0 Å². The third-order valence-corrected chi connectivity index (χ3v) is 3.02. The number of rotatable bonds is 4. The fourth-order valence-electron chi connectivity index (χ4n) is 1.91. The Hall–Kier alpha value is -2.36. The summed E-state index contributed by atoms with van der Waals surface area (Å²) in [5.41, 5.74) is 1.58. The van der Waals surface area contributed by atoms with Gasteiger partial charge in [0.1, 0.15) is 12.8 Å². The maximum atomic E-state index is 11.2. The van der Waals surface area contributed by atoms with Crippen LogP contribution in [0.4, 0.5) is 5.69 Å². The van der Waals surface area contributed by atoms with E-state index in [9.17, 15) is 9.59 Å². The Kier molecular flexibility index (Phi) is 3.80. The predicted molar refractivity (Wildman–Crippen MR) is 74.6 cm³/mol. The van der Waals surface area contributed by atoms with Gasteiger partial charge in [0.05, 0.1) is 7.11 Å². The molecular formula is C15H15NO3. The molecule has 2 rings (SSSR count). The molecule has 0 saturated carbocycles. The van der Waals surface area contributed by atoms with E-state index in [1.165, 1.54) is 7.11 Å². The lowest BCUT2D eigenvalue weighted by Crippen LogP contribution is -2.26. The summed E-state index contributed by atoms with van der Waals surface area (Å²) in [6.07, 6.45) is 0.830. The maximum absolute atomic E-state index is 11.2. The van der Waals surface area contributed by atoms with E-state index in [1.54, 1.807) is 6.07 Å². The third kappa shape index (κ3) is 2.91. The topological polar surface area (TPSA) is 46.6 Å². The first-order chi connectivity index (χ1) is 9.13. The number of ether oxygens (including phenoxy) is 1. The molecule has 2 aromatic carbocycles. The lowest BCUT2D eigenvalue weighted by atomic mass is 10.1. The number of aldehydes is 1. The fourth-order valence-corrected chi connectivity index (χ4v) is 1.91. The van der Waals surface area contributed by atoms with Crippen LogP contribution in [0.25, 0.3) is 10.8 Å². The van der Waals surface area contributed by atoms with Gasteiger partial charge in [-0.3, -0.25) is 9.59 Å². The zero-order valence-electron chi connectivity index (χ0n) is 10.9. The summed E-state index contributed by atoms with van der Waals surface area (Å²) in [6, 6.07) is 11.3. The van der Waals surface area contributed by atoms with Crippen LogP contribution in [0.3, 0.4) is 0 Å². The predicted octanol–water partition coefficient (Wildman–Crippen LogP) is 2.26. The van der Waals surface area contributed by atoms with E-state index >= 15 is 0 Å². The van der Waals surface area contributed by atoms with Crippen molar-refractivity contribution < 1.29 is 14.3 Å². The Bertz CT molecular complexity index is 622. The SMILES string of the molecule is COC(=O)CN(C)c1ccc2cc(C=O)ccc2c1. The third-order valence-electron chi connectivity index (χ3n) is 3.02. The molecule has 0 N–H and O–H groups in total. The van der Waals surface area contributed by atoms with Crippen LogP contribution in [0.15, 0.2) is 36.4 Å². The summed E-state index contributed by atoms with van der Waals surface area (Å²) in [5.74, 6) is -0.279. The number of methoxy groups -OCH3 is 1. The first kappa shape index (κ1) is 13.1. The maximum Gasteiger partial charge on any atom is 0.325 e. The van der Waals surface area contributed by atoms with Crippen molar-refractivity contribution in [1.29, 1.82) is 0 Å². The molecule has 19 heavy (non-hydrogen) atoms. The number of fused-ring (bicyclic) bond motifs is 1. The van der Waals surface area contributed by atoms with E-state index in [-0.39, 0.29) is 12.5 Å². The minimum Gasteiger partial charge on any atom is -0.468 e. The molecule has 98 valence electrons. The van der Waals surface area contributed by atoms with Crippen LogP contribution in [-0.2, 0) is 9.53 Å². The van der Waals surface area contributed by atoms with Gasteiger partial charge < -0.3 is 9.64 Å². The van der Waals surface area contributed by atoms with Crippen LogP contribution in [-0.4, -0.2) is 33.0 Å². The molecule has 4 nitrogen and oxygen atoms in total. The molecule has 0 saturated heterocycles. The number of nitrogens with zero attached hydrogens (tertiary/aromatic N) is 1. The highest BCUT2D eigenvalue weighted by atomic mass is 16.5. The van der Waals surface area contributed by atoms with Gasteiger partial charge in [0.2, 0.25) is 0 Å². The molecule has 0 aliphatic heterocycles. The number of hydrogen-bond donors (Lipinski definition) is 0. The van der Waals surface area contributed by atoms with Crippen LogP contribution in [0.2, 0.25) is 0 Å². The molecule has 0 bridgehead atoms. The molecule has 0 heterocycles. The Balaban J connectivity index is 2.31. The van der Waals surface area contributed by atoms with Crippen molar-refractivity contribution in [3.05, 3.63) is 42.0 Å². The summed E-state index contributed by atoms with van der Waals surface area (Å²) in [5, 5.41) is 2.03. The number of benzene rings is 2. The van der Waals surface area contributed by atoms with E-state index in [1.807, 2.05) is 42.3 Å². The van der Waals surface area contributed by atoms with Gasteiger partial charge in [0.25, 0.3) is 0 Å². The zero-order chi connectivity index (χ0) is 13.8. The van der Waals surface area contributed by atoms with Gasteiger partial charge in [0.15, 0.2) is 0 Å². The molecular weight excluding hydrogens is 242 g/mol. The van der Waals surface area contributed by atoms with Gasteiger partial charge >= 0.3 is 5.97 Å². The average Bonchev–Trinajstić information content (AvgIpc) is 2.45. The van der Waals surface area contributed by atoms with Gasteiger partial charge in [0, 0.05) is 18.3 Å². The number of hydrogen-bond acceptors (Lipinski definition) is 4. The lowest BCUT2D eigenvalue weighted by Gasteiger charge is -2.18. The van der Waals surface area contributed by atoms with E-state index < -0.39 is 0 Å². The molecule has 0 spiro atoms. The highest BCUT2D eigenvalue weighted by Gasteiger charge is 2.07. The summed E-state index contributed by atoms with van der Waals surface area (Å²) in [7, 11) is 3.20. The van der Waals surface area contributed by atoms with Gasteiger partial charge in [-0.1, -0.05) is 18.2 Å². The van der Waals surface area contributed by atoms with Gasteiger partial charge in [-0.25, -0.2) is 0 Å². The second-order valence-corrected chi connectivity index (χ2v) is 4.34. The highest BCUT2D eigenvalue weighted by molar-refractivity contribution is 5.91. The van der Waals surface area contributed by atoms with Crippen LogP contribution in [0.1, 0.15) is 10.4 Å². The molecule has 0 amide bonds. The van der Waals surface area contributed by atoms with Crippen molar-refractivity contribution in [3.63, 3.8) is 0 Å². The minimum absolute atomic E-state index is 0.203. The highest BCUT2D eigenvalue weighted by Crippen LogP contribution is 2.22. The fraction of sp³-hybridized carbons (Fsp3) is 0.200. The standard InChI is InChI=1S/C15H15NO3/c1-16(9-15(18)19-2)14-6-5-12-7-11(10-17)3-4-13(12)8-14/h3-8,10H,9H2,1-2H3.